The number of hydrogen-bond acceptors (Lipinski definition) is 4. The lowest BCUT2D eigenvalue weighted by atomic mass is 10.0. The number of benzene rings is 3. The van der Waals surface area contributed by atoms with E-state index in [1.165, 1.54) is 6.07 Å². The number of nitrogens with zero attached hydrogens (tertiary/aromatic N) is 1. The maximum atomic E-state index is 14.3. The molecule has 0 unspecified atom stereocenters. The predicted octanol–water partition coefficient (Wildman–Crippen LogP) is 6.98. The summed E-state index contributed by atoms with van der Waals surface area (Å²) in [6.07, 6.45) is 3.48. The second kappa shape index (κ2) is 11.9. The molecule has 0 aliphatic carbocycles. The zero-order chi connectivity index (χ0) is 29.1. The highest BCUT2D eigenvalue weighted by Crippen LogP contribution is 2.33. The number of carbonyl (C=O) groups is 2. The Hall–Kier alpha value is -4.85. The summed E-state index contributed by atoms with van der Waals surface area (Å²) in [5.74, 6) is -0.336. The van der Waals surface area contributed by atoms with E-state index in [1.54, 1.807) is 24.4 Å². The van der Waals surface area contributed by atoms with E-state index in [1.807, 2.05) is 78.6 Å². The highest BCUT2D eigenvalue weighted by Gasteiger charge is 2.33. The maximum Gasteiger partial charge on any atom is 0.243 e. The van der Waals surface area contributed by atoms with Crippen LogP contribution in [-0.4, -0.2) is 34.3 Å². The van der Waals surface area contributed by atoms with Gasteiger partial charge >= 0.3 is 0 Å². The number of amides is 2. The smallest absolute Gasteiger partial charge is 0.243 e. The van der Waals surface area contributed by atoms with Gasteiger partial charge in [0.1, 0.15) is 17.4 Å². The molecule has 3 atom stereocenters. The number of para-hydroxylation sites is 1. The van der Waals surface area contributed by atoms with Gasteiger partial charge in [-0.15, -0.1) is 0 Å². The fourth-order valence-electron chi connectivity index (χ4n) is 5.72. The van der Waals surface area contributed by atoms with Crippen molar-refractivity contribution in [2.75, 3.05) is 11.9 Å². The second-order valence-corrected chi connectivity index (χ2v) is 10.8. The molecule has 2 amide bonds. The monoisotopic (exact) mass is 564 g/mol. The summed E-state index contributed by atoms with van der Waals surface area (Å²) in [6, 6.07) is 26.5. The first-order chi connectivity index (χ1) is 20.5. The van der Waals surface area contributed by atoms with Crippen molar-refractivity contribution in [3.63, 3.8) is 0 Å². The number of anilines is 1. The molecule has 7 nitrogen and oxygen atoms in total. The quantitative estimate of drug-likeness (QED) is 0.180. The van der Waals surface area contributed by atoms with E-state index in [4.69, 9.17) is 4.42 Å². The third-order valence-electron chi connectivity index (χ3n) is 7.91. The van der Waals surface area contributed by atoms with Crippen LogP contribution in [0.25, 0.3) is 22.1 Å². The van der Waals surface area contributed by atoms with Crippen LogP contribution in [0, 0.1) is 5.82 Å². The number of fused-ring (bicyclic) bond motifs is 1. The molecule has 214 valence electrons. The van der Waals surface area contributed by atoms with Gasteiger partial charge in [-0.25, -0.2) is 4.39 Å². The summed E-state index contributed by atoms with van der Waals surface area (Å²) >= 11 is 0. The number of hydrogen-bond donors (Lipinski definition) is 3. The maximum absolute atomic E-state index is 14.3. The van der Waals surface area contributed by atoms with Gasteiger partial charge in [0.2, 0.25) is 11.8 Å². The molecule has 3 N–H and O–H groups in total. The molecule has 0 bridgehead atoms. The molecule has 8 heteroatoms. The van der Waals surface area contributed by atoms with Crippen LogP contribution in [0.2, 0.25) is 0 Å². The van der Waals surface area contributed by atoms with Gasteiger partial charge in [0.25, 0.3) is 0 Å². The Morgan fingerprint density at radius 1 is 1.02 bits per heavy atom. The Bertz CT molecular complexity index is 1660. The van der Waals surface area contributed by atoms with Crippen molar-refractivity contribution in [2.24, 2.45) is 0 Å². The number of nitrogens with one attached hydrogen (secondary N) is 3. The molecule has 5 aromatic rings. The standard InChI is InChI=1S/C34H33FN4O3/c1-22(28-18-25(21-36-28)26-13-6-7-14-27(26)35)37-34(41)29(38-32-19-24-12-5-8-16-31(24)42-32)20-33(40)39-17-9-15-30(39)23-10-3-2-4-11-23/h2-8,10-14,16,18-19,21-22,29-30,36,38H,9,15,17,20H2,1H3,(H,37,41)/t22-,29-,30+/m0/s1. The molecule has 1 saturated heterocycles. The third-order valence-corrected chi connectivity index (χ3v) is 7.91. The van der Waals surface area contributed by atoms with Crippen LogP contribution in [0.15, 0.2) is 102 Å². The van der Waals surface area contributed by atoms with E-state index in [2.05, 4.69) is 15.6 Å². The number of H-pyrrole nitrogens is 1. The average molecular weight is 565 g/mol. The van der Waals surface area contributed by atoms with Gasteiger partial charge in [-0.1, -0.05) is 66.7 Å². The molecule has 1 fully saturated rings. The first kappa shape index (κ1) is 27.3. The van der Waals surface area contributed by atoms with Gasteiger partial charge in [-0.05, 0) is 43.5 Å². The second-order valence-electron chi connectivity index (χ2n) is 10.8. The largest absolute Gasteiger partial charge is 0.441 e. The molecule has 3 heterocycles. The molecule has 6 rings (SSSR count). The Labute approximate surface area is 243 Å². The van der Waals surface area contributed by atoms with Gasteiger partial charge < -0.3 is 24.9 Å². The van der Waals surface area contributed by atoms with Crippen molar-refractivity contribution < 1.29 is 18.4 Å². The fraction of sp³-hybridized carbons (Fsp3) is 0.235. The molecule has 3 aromatic carbocycles. The predicted molar refractivity (Wildman–Crippen MR) is 161 cm³/mol. The highest BCUT2D eigenvalue weighted by molar-refractivity contribution is 5.91. The average Bonchev–Trinajstić information content (AvgIpc) is 3.77. The van der Waals surface area contributed by atoms with Crippen LogP contribution in [0.5, 0.6) is 0 Å². The SMILES string of the molecule is C[C@H](NC(=O)[C@H](CC(=O)N1CCC[C@@H]1c1ccccc1)Nc1cc2ccccc2o1)c1cc(-c2ccccc2F)c[nH]1. The Morgan fingerprint density at radius 2 is 1.79 bits per heavy atom. The molecule has 0 saturated carbocycles. The summed E-state index contributed by atoms with van der Waals surface area (Å²) in [5, 5.41) is 7.11. The first-order valence-corrected chi connectivity index (χ1v) is 14.3. The summed E-state index contributed by atoms with van der Waals surface area (Å²) in [4.78, 5) is 32.4. The minimum Gasteiger partial charge on any atom is -0.441 e. The van der Waals surface area contributed by atoms with Crippen LogP contribution < -0.4 is 10.6 Å². The van der Waals surface area contributed by atoms with E-state index in [9.17, 15) is 14.0 Å². The molecule has 1 aliphatic heterocycles. The van der Waals surface area contributed by atoms with Crippen molar-refractivity contribution in [3.8, 4) is 11.1 Å². The van der Waals surface area contributed by atoms with Crippen molar-refractivity contribution >= 4 is 28.7 Å². The lowest BCUT2D eigenvalue weighted by Crippen LogP contribution is -2.44. The van der Waals surface area contributed by atoms with Crippen LogP contribution in [-0.2, 0) is 9.59 Å². The Kier molecular flexibility index (Phi) is 7.77. The number of likely N-dealkylation sites (tertiary alicyclic amines) is 1. The van der Waals surface area contributed by atoms with Crippen LogP contribution in [0.1, 0.15) is 49.5 Å². The molecule has 2 aromatic heterocycles. The summed E-state index contributed by atoms with van der Waals surface area (Å²) in [6.45, 7) is 2.50. The summed E-state index contributed by atoms with van der Waals surface area (Å²) in [5.41, 5.74) is 3.68. The topological polar surface area (TPSA) is 90.4 Å². The molecule has 0 radical (unpaired) electrons. The minimum absolute atomic E-state index is 0.0109. The Morgan fingerprint density at radius 3 is 2.60 bits per heavy atom. The number of furan rings is 1. The lowest BCUT2D eigenvalue weighted by molar-refractivity contribution is -0.135. The van der Waals surface area contributed by atoms with Crippen LogP contribution >= 0.6 is 0 Å². The number of carbonyl (C=O) groups excluding carboxylic acids is 2. The van der Waals surface area contributed by atoms with Gasteiger partial charge in [-0.2, -0.15) is 0 Å². The zero-order valence-electron chi connectivity index (χ0n) is 23.3. The fourth-order valence-corrected chi connectivity index (χ4v) is 5.72. The van der Waals surface area contributed by atoms with Gasteiger partial charge in [0.05, 0.1) is 18.5 Å². The van der Waals surface area contributed by atoms with E-state index >= 15 is 0 Å². The lowest BCUT2D eigenvalue weighted by Gasteiger charge is -2.27. The van der Waals surface area contributed by atoms with Crippen molar-refractivity contribution in [1.82, 2.24) is 15.2 Å². The van der Waals surface area contributed by atoms with Gasteiger partial charge in [0.15, 0.2) is 5.88 Å². The molecule has 42 heavy (non-hydrogen) atoms. The van der Waals surface area contributed by atoms with E-state index < -0.39 is 12.1 Å². The molecular formula is C34H33FN4O3. The molecular weight excluding hydrogens is 531 g/mol. The minimum atomic E-state index is -0.876. The van der Waals surface area contributed by atoms with Crippen molar-refractivity contribution in [2.45, 2.75) is 44.3 Å². The van der Waals surface area contributed by atoms with Crippen molar-refractivity contribution in [1.29, 1.82) is 0 Å². The van der Waals surface area contributed by atoms with Gasteiger partial charge in [0, 0.05) is 41.0 Å². The van der Waals surface area contributed by atoms with E-state index in [-0.39, 0.29) is 30.1 Å². The third kappa shape index (κ3) is 5.79. The van der Waals surface area contributed by atoms with Crippen molar-refractivity contribution in [3.05, 3.63) is 114 Å². The number of aromatic amines is 1. The first-order valence-electron chi connectivity index (χ1n) is 14.3. The van der Waals surface area contributed by atoms with Crippen LogP contribution in [0.4, 0.5) is 10.3 Å². The summed E-state index contributed by atoms with van der Waals surface area (Å²) in [7, 11) is 0. The van der Waals surface area contributed by atoms with Crippen LogP contribution in [0.3, 0.4) is 0 Å². The number of halogens is 1. The van der Waals surface area contributed by atoms with E-state index in [0.29, 0.717) is 29.1 Å². The zero-order valence-corrected chi connectivity index (χ0v) is 23.3. The number of aromatic nitrogens is 1. The molecule has 0 spiro atoms. The Balaban J connectivity index is 1.21. The molecule has 1 aliphatic rings. The summed E-state index contributed by atoms with van der Waals surface area (Å²) < 4.78 is 20.3. The normalized spacial score (nSPS) is 16.3. The highest BCUT2D eigenvalue weighted by atomic mass is 19.1. The van der Waals surface area contributed by atoms with Gasteiger partial charge in [-0.3, -0.25) is 9.59 Å². The number of rotatable bonds is 9. The van der Waals surface area contributed by atoms with E-state index in [0.717, 1.165) is 29.5 Å².